The van der Waals surface area contributed by atoms with Gasteiger partial charge in [0.05, 0.1) is 10.5 Å². The van der Waals surface area contributed by atoms with Crippen molar-refractivity contribution in [3.05, 3.63) is 0 Å². The average molecular weight is 489 g/mol. The molecule has 0 saturated heterocycles. The van der Waals surface area contributed by atoms with E-state index in [1.165, 1.54) is 0 Å². The zero-order chi connectivity index (χ0) is 27.3. The van der Waals surface area contributed by atoms with Crippen LogP contribution in [0.25, 0.3) is 0 Å². The van der Waals surface area contributed by atoms with Crippen LogP contribution in [-0.4, -0.2) is 24.7 Å². The molecule has 4 heteroatoms. The summed E-state index contributed by atoms with van der Waals surface area (Å²) in [6.45, 7) is 33.6. The molecule has 0 atom stereocenters. The number of sulfone groups is 1. The predicted octanol–water partition coefficient (Wildman–Crippen LogP) is 8.90. The monoisotopic (exact) mass is 488 g/mol. The van der Waals surface area contributed by atoms with E-state index in [9.17, 15) is 13.2 Å². The fourth-order valence-corrected chi connectivity index (χ4v) is 6.44. The van der Waals surface area contributed by atoms with Crippen molar-refractivity contribution in [1.82, 2.24) is 0 Å². The molecule has 0 aromatic heterocycles. The minimum Gasteiger partial charge on any atom is -0.299 e. The van der Waals surface area contributed by atoms with E-state index in [-0.39, 0.29) is 27.1 Å². The van der Waals surface area contributed by atoms with Gasteiger partial charge in [0.25, 0.3) is 0 Å². The third-order valence-electron chi connectivity index (χ3n) is 5.75. The van der Waals surface area contributed by atoms with Crippen LogP contribution >= 0.6 is 0 Å². The molecule has 0 fully saturated rings. The zero-order valence-electron chi connectivity index (χ0n) is 25.4. The van der Waals surface area contributed by atoms with Crippen LogP contribution in [0.2, 0.25) is 0 Å². The van der Waals surface area contributed by atoms with Gasteiger partial charge in [-0.3, -0.25) is 4.79 Å². The number of Topliss-reactive ketones (excluding diaryl/α,β-unsaturated/α-hetero) is 1. The Morgan fingerprint density at radius 3 is 1.21 bits per heavy atom. The van der Waals surface area contributed by atoms with E-state index in [1.807, 2.05) is 13.8 Å². The Hall–Kier alpha value is -0.380. The molecule has 0 aromatic carbocycles. The maximum absolute atomic E-state index is 12.4. The molecular formula is C29H60O3S. The van der Waals surface area contributed by atoms with Gasteiger partial charge in [0, 0.05) is 11.8 Å². The Kier molecular flexibility index (Phi) is 12.2. The SMILES string of the molecule is CC(C)(C)CCC(=O)C(C)(C)CC(C)(C)C.CC(C)(C)CCS(=O)(=O)C(C)(C)CC(C)(C)C. The molecule has 0 aromatic rings. The standard InChI is InChI=1S/C15H30O.C14H30O2S/c1-13(2,3)10-9-12(16)15(7,8)11-14(4,5)6;1-12(2,3)9-10-17(15,16)14(7,8)11-13(4,5)6/h9-11H2,1-8H3;9-11H2,1-8H3. The van der Waals surface area contributed by atoms with Crippen LogP contribution in [0.1, 0.15) is 143 Å². The molecule has 0 N–H and O–H groups in total. The van der Waals surface area contributed by atoms with Gasteiger partial charge in [-0.25, -0.2) is 8.42 Å². The summed E-state index contributed by atoms with van der Waals surface area (Å²) < 4.78 is 24.1. The van der Waals surface area contributed by atoms with Crippen LogP contribution in [0.5, 0.6) is 0 Å². The minimum atomic E-state index is -3.03. The van der Waals surface area contributed by atoms with Gasteiger partial charge in [0.15, 0.2) is 9.84 Å². The molecule has 0 aliphatic rings. The van der Waals surface area contributed by atoms with Crippen molar-refractivity contribution in [3.8, 4) is 0 Å². The van der Waals surface area contributed by atoms with Crippen molar-refractivity contribution in [2.45, 2.75) is 148 Å². The van der Waals surface area contributed by atoms with Crippen molar-refractivity contribution >= 4 is 15.6 Å². The molecule has 3 nitrogen and oxygen atoms in total. The van der Waals surface area contributed by atoms with Gasteiger partial charge in [-0.1, -0.05) is 96.9 Å². The van der Waals surface area contributed by atoms with E-state index in [0.717, 1.165) is 19.3 Å². The Labute approximate surface area is 209 Å². The van der Waals surface area contributed by atoms with E-state index in [1.54, 1.807) is 0 Å². The molecule has 33 heavy (non-hydrogen) atoms. The van der Waals surface area contributed by atoms with E-state index >= 15 is 0 Å². The molecule has 0 aliphatic carbocycles. The number of ketones is 1. The van der Waals surface area contributed by atoms with Gasteiger partial charge >= 0.3 is 0 Å². The third-order valence-corrected chi connectivity index (χ3v) is 8.32. The summed E-state index contributed by atoms with van der Waals surface area (Å²) in [5.74, 6) is 0.705. The van der Waals surface area contributed by atoms with Gasteiger partial charge in [-0.15, -0.1) is 0 Å². The van der Waals surface area contributed by atoms with Gasteiger partial charge in [-0.2, -0.15) is 0 Å². The van der Waals surface area contributed by atoms with Gasteiger partial charge < -0.3 is 0 Å². The maximum atomic E-state index is 12.4. The zero-order valence-corrected chi connectivity index (χ0v) is 26.2. The lowest BCUT2D eigenvalue weighted by Crippen LogP contribution is -2.38. The Balaban J connectivity index is 0. The van der Waals surface area contributed by atoms with Crippen LogP contribution in [0.15, 0.2) is 0 Å². The first-order chi connectivity index (χ1) is 14.0. The van der Waals surface area contributed by atoms with E-state index < -0.39 is 14.6 Å². The highest BCUT2D eigenvalue weighted by molar-refractivity contribution is 7.92. The molecule has 0 saturated carbocycles. The highest BCUT2D eigenvalue weighted by Crippen LogP contribution is 2.36. The fraction of sp³-hybridized carbons (Fsp3) is 0.966. The van der Waals surface area contributed by atoms with E-state index in [0.29, 0.717) is 24.4 Å². The Morgan fingerprint density at radius 1 is 0.545 bits per heavy atom. The Bertz CT molecular complexity index is 698. The van der Waals surface area contributed by atoms with Crippen LogP contribution in [0, 0.1) is 27.1 Å². The second-order valence-electron chi connectivity index (χ2n) is 16.2. The third kappa shape index (κ3) is 17.7. The molecule has 0 unspecified atom stereocenters. The largest absolute Gasteiger partial charge is 0.299 e. The minimum absolute atomic E-state index is 0.0400. The second-order valence-corrected chi connectivity index (χ2v) is 19.0. The number of hydrogen-bond acceptors (Lipinski definition) is 3. The lowest BCUT2D eigenvalue weighted by Gasteiger charge is -2.33. The summed E-state index contributed by atoms with van der Waals surface area (Å²) in [5.41, 5.74) is 0.418. The highest BCUT2D eigenvalue weighted by atomic mass is 32.2. The van der Waals surface area contributed by atoms with Crippen molar-refractivity contribution in [1.29, 1.82) is 0 Å². The molecule has 0 bridgehead atoms. The summed E-state index contributed by atoms with van der Waals surface area (Å²) in [6.07, 6.45) is 4.09. The lowest BCUT2D eigenvalue weighted by atomic mass is 9.72. The van der Waals surface area contributed by atoms with Crippen LogP contribution in [0.4, 0.5) is 0 Å². The molecule has 0 aliphatic heterocycles. The summed E-state index contributed by atoms with van der Waals surface area (Å²) in [4.78, 5) is 12.2. The Morgan fingerprint density at radius 2 is 0.909 bits per heavy atom. The molecule has 0 spiro atoms. The number of hydrogen-bond donors (Lipinski definition) is 0. The molecule has 0 heterocycles. The first kappa shape index (κ1) is 34.8. The molecule has 200 valence electrons. The van der Waals surface area contributed by atoms with E-state index in [4.69, 9.17) is 0 Å². The van der Waals surface area contributed by atoms with Crippen molar-refractivity contribution < 1.29 is 13.2 Å². The van der Waals surface area contributed by atoms with Crippen molar-refractivity contribution in [3.63, 3.8) is 0 Å². The molecule has 0 radical (unpaired) electrons. The van der Waals surface area contributed by atoms with Crippen LogP contribution in [-0.2, 0) is 14.6 Å². The van der Waals surface area contributed by atoms with E-state index in [2.05, 4.69) is 96.9 Å². The van der Waals surface area contributed by atoms with Crippen LogP contribution < -0.4 is 0 Å². The summed E-state index contributed by atoms with van der Waals surface area (Å²) >= 11 is 0. The number of carbonyl (C=O) groups is 1. The fourth-order valence-electron chi connectivity index (χ4n) is 4.36. The normalized spacial score (nSPS) is 14.5. The van der Waals surface area contributed by atoms with Gasteiger partial charge in [0.2, 0.25) is 0 Å². The molecule has 0 rings (SSSR count). The predicted molar refractivity (Wildman–Crippen MR) is 148 cm³/mol. The second kappa shape index (κ2) is 11.6. The average Bonchev–Trinajstić information content (AvgIpc) is 2.45. The van der Waals surface area contributed by atoms with Gasteiger partial charge in [0.1, 0.15) is 5.78 Å². The smallest absolute Gasteiger partial charge is 0.155 e. The lowest BCUT2D eigenvalue weighted by molar-refractivity contribution is -0.129. The molecule has 0 amide bonds. The van der Waals surface area contributed by atoms with Crippen molar-refractivity contribution in [2.24, 2.45) is 27.1 Å². The first-order valence-corrected chi connectivity index (χ1v) is 14.4. The van der Waals surface area contributed by atoms with Crippen LogP contribution in [0.3, 0.4) is 0 Å². The molecular weight excluding hydrogens is 428 g/mol. The number of rotatable bonds is 8. The topological polar surface area (TPSA) is 51.2 Å². The number of carbonyl (C=O) groups excluding carboxylic acids is 1. The van der Waals surface area contributed by atoms with Gasteiger partial charge in [-0.05, 0) is 61.2 Å². The summed E-state index contributed by atoms with van der Waals surface area (Å²) in [7, 11) is -3.03. The highest BCUT2D eigenvalue weighted by Gasteiger charge is 2.38. The first-order valence-electron chi connectivity index (χ1n) is 12.8. The summed E-state index contributed by atoms with van der Waals surface area (Å²) in [5, 5.41) is 0. The summed E-state index contributed by atoms with van der Waals surface area (Å²) in [6, 6.07) is 0. The van der Waals surface area contributed by atoms with Crippen molar-refractivity contribution in [2.75, 3.05) is 5.75 Å². The maximum Gasteiger partial charge on any atom is 0.155 e. The quantitative estimate of drug-likeness (QED) is 0.342.